The third-order valence-electron chi connectivity index (χ3n) is 3.18. The highest BCUT2D eigenvalue weighted by molar-refractivity contribution is 5.77. The standard InChI is InChI=1S/C16H11F3N2/c17-16(18,19)13-7-5-11(6-8-13)9-15-20-10-12-3-1-2-4-14(12)21-15/h1-8,10H,9H2. The van der Waals surface area contributed by atoms with Crippen LogP contribution in [0.4, 0.5) is 13.2 Å². The molecule has 0 saturated heterocycles. The van der Waals surface area contributed by atoms with Gasteiger partial charge in [-0.1, -0.05) is 30.3 Å². The van der Waals surface area contributed by atoms with Gasteiger partial charge in [-0.2, -0.15) is 13.2 Å². The fourth-order valence-electron chi connectivity index (χ4n) is 2.09. The lowest BCUT2D eigenvalue weighted by molar-refractivity contribution is -0.137. The van der Waals surface area contributed by atoms with Crippen molar-refractivity contribution in [1.29, 1.82) is 0 Å². The first-order chi connectivity index (χ1) is 10.0. The Morgan fingerprint density at radius 3 is 2.33 bits per heavy atom. The monoisotopic (exact) mass is 288 g/mol. The summed E-state index contributed by atoms with van der Waals surface area (Å²) in [4.78, 5) is 8.65. The zero-order valence-corrected chi connectivity index (χ0v) is 10.9. The van der Waals surface area contributed by atoms with Crippen molar-refractivity contribution in [3.05, 3.63) is 71.7 Å². The van der Waals surface area contributed by atoms with Gasteiger partial charge in [-0.3, -0.25) is 0 Å². The minimum Gasteiger partial charge on any atom is -0.240 e. The van der Waals surface area contributed by atoms with Gasteiger partial charge >= 0.3 is 6.18 Å². The van der Waals surface area contributed by atoms with Crippen LogP contribution in [0.15, 0.2) is 54.7 Å². The van der Waals surface area contributed by atoms with Crippen LogP contribution < -0.4 is 0 Å². The average molecular weight is 288 g/mol. The van der Waals surface area contributed by atoms with Gasteiger partial charge in [0.1, 0.15) is 5.82 Å². The molecule has 1 aromatic heterocycles. The Morgan fingerprint density at radius 1 is 0.905 bits per heavy atom. The van der Waals surface area contributed by atoms with Gasteiger partial charge in [-0.25, -0.2) is 9.97 Å². The van der Waals surface area contributed by atoms with Gasteiger partial charge in [0.2, 0.25) is 0 Å². The largest absolute Gasteiger partial charge is 0.416 e. The predicted octanol–water partition coefficient (Wildman–Crippen LogP) is 4.24. The topological polar surface area (TPSA) is 25.8 Å². The van der Waals surface area contributed by atoms with Crippen LogP contribution in [0, 0.1) is 0 Å². The van der Waals surface area contributed by atoms with Crippen molar-refractivity contribution in [3.8, 4) is 0 Å². The average Bonchev–Trinajstić information content (AvgIpc) is 2.47. The number of fused-ring (bicyclic) bond motifs is 1. The molecule has 106 valence electrons. The van der Waals surface area contributed by atoms with Crippen molar-refractivity contribution in [1.82, 2.24) is 9.97 Å². The highest BCUT2D eigenvalue weighted by atomic mass is 19.4. The summed E-state index contributed by atoms with van der Waals surface area (Å²) in [6, 6.07) is 12.7. The Labute approximate surface area is 119 Å². The summed E-state index contributed by atoms with van der Waals surface area (Å²) >= 11 is 0. The molecule has 0 N–H and O–H groups in total. The molecule has 0 aliphatic carbocycles. The molecule has 3 rings (SSSR count). The molecule has 2 aromatic carbocycles. The van der Waals surface area contributed by atoms with Gasteiger partial charge in [0, 0.05) is 18.0 Å². The number of hydrogen-bond donors (Lipinski definition) is 0. The van der Waals surface area contributed by atoms with Crippen LogP contribution in [0.5, 0.6) is 0 Å². The van der Waals surface area contributed by atoms with E-state index in [1.165, 1.54) is 12.1 Å². The Kier molecular flexibility index (Phi) is 3.33. The van der Waals surface area contributed by atoms with E-state index in [-0.39, 0.29) is 0 Å². The number of halogens is 3. The van der Waals surface area contributed by atoms with E-state index in [0.29, 0.717) is 12.2 Å². The lowest BCUT2D eigenvalue weighted by Gasteiger charge is -2.07. The third-order valence-corrected chi connectivity index (χ3v) is 3.18. The summed E-state index contributed by atoms with van der Waals surface area (Å²) in [5.74, 6) is 0.591. The lowest BCUT2D eigenvalue weighted by atomic mass is 10.1. The molecule has 0 aliphatic rings. The van der Waals surface area contributed by atoms with Gasteiger partial charge in [0.15, 0.2) is 0 Å². The van der Waals surface area contributed by atoms with Crippen molar-refractivity contribution in [2.24, 2.45) is 0 Å². The second-order valence-corrected chi connectivity index (χ2v) is 4.72. The van der Waals surface area contributed by atoms with Gasteiger partial charge < -0.3 is 0 Å². The zero-order valence-electron chi connectivity index (χ0n) is 10.9. The van der Waals surface area contributed by atoms with Gasteiger partial charge in [-0.15, -0.1) is 0 Å². The number of rotatable bonds is 2. The fraction of sp³-hybridized carbons (Fsp3) is 0.125. The van der Waals surface area contributed by atoms with Gasteiger partial charge in [0.25, 0.3) is 0 Å². The smallest absolute Gasteiger partial charge is 0.240 e. The van der Waals surface area contributed by atoms with E-state index in [0.717, 1.165) is 28.6 Å². The summed E-state index contributed by atoms with van der Waals surface area (Å²) in [5, 5.41) is 0.939. The molecular formula is C16H11F3N2. The number of para-hydroxylation sites is 1. The second-order valence-electron chi connectivity index (χ2n) is 4.72. The van der Waals surface area contributed by atoms with Crippen LogP contribution in [0.1, 0.15) is 17.0 Å². The third kappa shape index (κ3) is 3.02. The summed E-state index contributed by atoms with van der Waals surface area (Å²) in [5.41, 5.74) is 0.929. The molecule has 3 aromatic rings. The van der Waals surface area contributed by atoms with Crippen LogP contribution >= 0.6 is 0 Å². The number of hydrogen-bond acceptors (Lipinski definition) is 2. The van der Waals surface area contributed by atoms with Crippen molar-refractivity contribution < 1.29 is 13.2 Å². The summed E-state index contributed by atoms with van der Waals surface area (Å²) in [6.07, 6.45) is -2.18. The van der Waals surface area contributed by atoms with Crippen LogP contribution in [0.2, 0.25) is 0 Å². The molecular weight excluding hydrogens is 277 g/mol. The van der Waals surface area contributed by atoms with Crippen molar-refractivity contribution >= 4 is 10.9 Å². The van der Waals surface area contributed by atoms with Crippen molar-refractivity contribution in [3.63, 3.8) is 0 Å². The molecule has 0 radical (unpaired) electrons. The first-order valence-corrected chi connectivity index (χ1v) is 6.39. The molecule has 1 heterocycles. The van der Waals surface area contributed by atoms with E-state index in [4.69, 9.17) is 0 Å². The highest BCUT2D eigenvalue weighted by Gasteiger charge is 2.29. The van der Waals surface area contributed by atoms with E-state index < -0.39 is 11.7 Å². The molecule has 21 heavy (non-hydrogen) atoms. The molecule has 0 spiro atoms. The zero-order chi connectivity index (χ0) is 14.9. The van der Waals surface area contributed by atoms with Crippen LogP contribution in [0.25, 0.3) is 10.9 Å². The van der Waals surface area contributed by atoms with E-state index in [2.05, 4.69) is 9.97 Å². The van der Waals surface area contributed by atoms with Crippen LogP contribution in [-0.2, 0) is 12.6 Å². The minimum absolute atomic E-state index is 0.406. The molecule has 0 fully saturated rings. The molecule has 0 atom stereocenters. The van der Waals surface area contributed by atoms with Crippen molar-refractivity contribution in [2.45, 2.75) is 12.6 Å². The second kappa shape index (κ2) is 5.16. The Balaban J connectivity index is 1.84. The molecule has 0 aliphatic heterocycles. The Hall–Kier alpha value is -2.43. The normalized spacial score (nSPS) is 11.8. The number of benzene rings is 2. The molecule has 5 heteroatoms. The van der Waals surface area contributed by atoms with Gasteiger partial charge in [-0.05, 0) is 23.8 Å². The Bertz CT molecular complexity index is 764. The first-order valence-electron chi connectivity index (χ1n) is 6.39. The fourth-order valence-corrected chi connectivity index (χ4v) is 2.09. The maximum absolute atomic E-state index is 12.5. The summed E-state index contributed by atoms with van der Waals surface area (Å²) in [7, 11) is 0. The predicted molar refractivity (Wildman–Crippen MR) is 73.8 cm³/mol. The lowest BCUT2D eigenvalue weighted by Crippen LogP contribution is -2.05. The highest BCUT2D eigenvalue weighted by Crippen LogP contribution is 2.29. The van der Waals surface area contributed by atoms with E-state index in [1.54, 1.807) is 6.20 Å². The van der Waals surface area contributed by atoms with E-state index in [1.807, 2.05) is 24.3 Å². The molecule has 0 amide bonds. The van der Waals surface area contributed by atoms with Crippen LogP contribution in [0.3, 0.4) is 0 Å². The number of aromatic nitrogens is 2. The quantitative estimate of drug-likeness (QED) is 0.705. The van der Waals surface area contributed by atoms with Gasteiger partial charge in [0.05, 0.1) is 11.1 Å². The van der Waals surface area contributed by atoms with E-state index in [9.17, 15) is 13.2 Å². The summed E-state index contributed by atoms with van der Waals surface area (Å²) in [6.45, 7) is 0. The molecule has 0 unspecified atom stereocenters. The SMILES string of the molecule is FC(F)(F)c1ccc(Cc2ncc3ccccc3n2)cc1. The molecule has 0 saturated carbocycles. The number of nitrogens with zero attached hydrogens (tertiary/aromatic N) is 2. The molecule has 2 nitrogen and oxygen atoms in total. The van der Waals surface area contributed by atoms with Crippen LogP contribution in [-0.4, -0.2) is 9.97 Å². The Morgan fingerprint density at radius 2 is 1.62 bits per heavy atom. The molecule has 0 bridgehead atoms. The van der Waals surface area contributed by atoms with E-state index >= 15 is 0 Å². The maximum atomic E-state index is 12.5. The minimum atomic E-state index is -4.31. The first kappa shape index (κ1) is 13.5. The van der Waals surface area contributed by atoms with Crippen molar-refractivity contribution in [2.75, 3.05) is 0 Å². The summed E-state index contributed by atoms with van der Waals surface area (Å²) < 4.78 is 37.5. The number of alkyl halides is 3. The maximum Gasteiger partial charge on any atom is 0.416 e.